The molecular formula is C28H27N3O3. The van der Waals surface area contributed by atoms with Crippen molar-refractivity contribution in [2.24, 2.45) is 0 Å². The van der Waals surface area contributed by atoms with Crippen LogP contribution in [0.25, 0.3) is 10.9 Å². The van der Waals surface area contributed by atoms with Gasteiger partial charge in [0.05, 0.1) is 18.8 Å². The van der Waals surface area contributed by atoms with E-state index >= 15 is 0 Å². The molecule has 1 fully saturated rings. The molecule has 0 spiro atoms. The number of benzene rings is 2. The summed E-state index contributed by atoms with van der Waals surface area (Å²) in [6, 6.07) is 19.4. The first kappa shape index (κ1) is 20.8. The van der Waals surface area contributed by atoms with Crippen LogP contribution in [0.5, 0.6) is 0 Å². The van der Waals surface area contributed by atoms with E-state index in [0.29, 0.717) is 24.6 Å². The molecule has 4 aromatic rings. The van der Waals surface area contributed by atoms with Gasteiger partial charge in [0.15, 0.2) is 0 Å². The molecule has 2 aliphatic heterocycles. The molecule has 0 saturated carbocycles. The summed E-state index contributed by atoms with van der Waals surface area (Å²) in [7, 11) is 0. The van der Waals surface area contributed by atoms with Gasteiger partial charge in [0.2, 0.25) is 11.8 Å². The summed E-state index contributed by atoms with van der Waals surface area (Å²) in [6.45, 7) is 4.69. The second-order valence-electron chi connectivity index (χ2n) is 9.58. The number of carbonyl (C=O) groups excluding carboxylic acids is 2. The third kappa shape index (κ3) is 3.24. The highest BCUT2D eigenvalue weighted by Crippen LogP contribution is 2.42. The first-order valence-corrected chi connectivity index (χ1v) is 11.8. The number of hydrogen-bond acceptors (Lipinski definition) is 3. The first-order chi connectivity index (χ1) is 16.5. The zero-order valence-electron chi connectivity index (χ0n) is 19.3. The molecule has 0 aliphatic carbocycles. The van der Waals surface area contributed by atoms with Crippen LogP contribution < -0.4 is 0 Å². The number of aromatic nitrogens is 1. The summed E-state index contributed by atoms with van der Waals surface area (Å²) in [5.41, 5.74) is 5.43. The molecule has 1 N–H and O–H groups in total. The lowest BCUT2D eigenvalue weighted by Gasteiger charge is -2.47. The molecule has 2 aliphatic rings. The van der Waals surface area contributed by atoms with E-state index in [1.165, 1.54) is 5.56 Å². The Morgan fingerprint density at radius 3 is 2.56 bits per heavy atom. The summed E-state index contributed by atoms with van der Waals surface area (Å²) in [4.78, 5) is 34.3. The Hall–Kier alpha value is -3.80. The second kappa shape index (κ2) is 7.90. The molecule has 6 nitrogen and oxygen atoms in total. The topological polar surface area (TPSA) is 69.5 Å². The van der Waals surface area contributed by atoms with E-state index in [4.69, 9.17) is 4.42 Å². The van der Waals surface area contributed by atoms with Gasteiger partial charge in [0, 0.05) is 23.0 Å². The normalized spacial score (nSPS) is 20.2. The van der Waals surface area contributed by atoms with Crippen molar-refractivity contribution in [1.82, 2.24) is 14.8 Å². The SMILES string of the molecule is CC(C)c1ccc([C@@H]2c3[nH]c4ccccc4c3C[C@H]3C(=O)N(Cc4ccco4)CC(=O)N23)cc1. The van der Waals surface area contributed by atoms with Gasteiger partial charge in [-0.25, -0.2) is 0 Å². The van der Waals surface area contributed by atoms with Crippen LogP contribution in [-0.2, 0) is 22.6 Å². The molecular weight excluding hydrogens is 426 g/mol. The Bertz CT molecular complexity index is 1370. The number of fused-ring (bicyclic) bond motifs is 4. The van der Waals surface area contributed by atoms with E-state index < -0.39 is 6.04 Å². The maximum atomic E-state index is 13.7. The van der Waals surface area contributed by atoms with Crippen molar-refractivity contribution in [2.75, 3.05) is 6.54 Å². The van der Waals surface area contributed by atoms with E-state index in [-0.39, 0.29) is 24.4 Å². The van der Waals surface area contributed by atoms with Gasteiger partial charge >= 0.3 is 0 Å². The number of aromatic amines is 1. The molecule has 2 aromatic carbocycles. The van der Waals surface area contributed by atoms with Crippen LogP contribution in [0.3, 0.4) is 0 Å². The molecule has 6 rings (SSSR count). The molecule has 2 amide bonds. The fraction of sp³-hybridized carbons (Fsp3) is 0.286. The lowest BCUT2D eigenvalue weighted by molar-refractivity contribution is -0.159. The first-order valence-electron chi connectivity index (χ1n) is 11.8. The van der Waals surface area contributed by atoms with Crippen LogP contribution in [0.2, 0.25) is 0 Å². The Labute approximate surface area is 198 Å². The maximum absolute atomic E-state index is 13.7. The number of furan rings is 1. The molecule has 6 heteroatoms. The monoisotopic (exact) mass is 453 g/mol. The Morgan fingerprint density at radius 2 is 1.82 bits per heavy atom. The number of nitrogens with one attached hydrogen (secondary N) is 1. The minimum atomic E-state index is -0.544. The summed E-state index contributed by atoms with van der Waals surface area (Å²) in [5, 5.41) is 1.12. The van der Waals surface area contributed by atoms with Gasteiger partial charge in [-0.1, -0.05) is 56.3 Å². The van der Waals surface area contributed by atoms with Crippen molar-refractivity contribution >= 4 is 22.7 Å². The zero-order valence-corrected chi connectivity index (χ0v) is 19.3. The number of rotatable bonds is 4. The van der Waals surface area contributed by atoms with Gasteiger partial charge < -0.3 is 19.2 Å². The predicted molar refractivity (Wildman–Crippen MR) is 129 cm³/mol. The van der Waals surface area contributed by atoms with E-state index in [1.807, 2.05) is 23.1 Å². The van der Waals surface area contributed by atoms with Crippen molar-refractivity contribution in [3.05, 3.63) is 95.1 Å². The highest BCUT2D eigenvalue weighted by Gasteiger charge is 2.48. The van der Waals surface area contributed by atoms with E-state index in [9.17, 15) is 9.59 Å². The van der Waals surface area contributed by atoms with E-state index in [2.05, 4.69) is 55.2 Å². The van der Waals surface area contributed by atoms with Gasteiger partial charge in [-0.15, -0.1) is 0 Å². The minimum absolute atomic E-state index is 0.0317. The fourth-order valence-electron chi connectivity index (χ4n) is 5.46. The fourth-order valence-corrected chi connectivity index (χ4v) is 5.46. The number of hydrogen-bond donors (Lipinski definition) is 1. The highest BCUT2D eigenvalue weighted by atomic mass is 16.3. The van der Waals surface area contributed by atoms with Crippen LogP contribution in [0, 0.1) is 0 Å². The largest absolute Gasteiger partial charge is 0.467 e. The summed E-state index contributed by atoms with van der Waals surface area (Å²) >= 11 is 0. The molecule has 0 radical (unpaired) electrons. The zero-order chi connectivity index (χ0) is 23.4. The molecule has 2 atom stereocenters. The van der Waals surface area contributed by atoms with Crippen LogP contribution in [-0.4, -0.2) is 39.2 Å². The summed E-state index contributed by atoms with van der Waals surface area (Å²) in [5.74, 6) is 1.03. The van der Waals surface area contributed by atoms with Crippen molar-refractivity contribution in [3.63, 3.8) is 0 Å². The van der Waals surface area contributed by atoms with Gasteiger partial charge in [-0.05, 0) is 40.8 Å². The average molecular weight is 454 g/mol. The van der Waals surface area contributed by atoms with Crippen molar-refractivity contribution in [2.45, 2.75) is 44.8 Å². The lowest BCUT2D eigenvalue weighted by Crippen LogP contribution is -2.62. The summed E-state index contributed by atoms with van der Waals surface area (Å²) < 4.78 is 5.45. The van der Waals surface area contributed by atoms with Crippen molar-refractivity contribution < 1.29 is 14.0 Å². The maximum Gasteiger partial charge on any atom is 0.246 e. The Morgan fingerprint density at radius 1 is 1.03 bits per heavy atom. The number of amides is 2. The molecule has 2 aromatic heterocycles. The van der Waals surface area contributed by atoms with Gasteiger partial charge in [0.25, 0.3) is 0 Å². The highest BCUT2D eigenvalue weighted by molar-refractivity contribution is 5.97. The third-order valence-electron chi connectivity index (χ3n) is 7.19. The number of para-hydroxylation sites is 1. The van der Waals surface area contributed by atoms with Gasteiger partial charge in [-0.2, -0.15) is 0 Å². The number of H-pyrrole nitrogens is 1. The molecule has 34 heavy (non-hydrogen) atoms. The van der Waals surface area contributed by atoms with Crippen molar-refractivity contribution in [3.8, 4) is 0 Å². The standard InChI is InChI=1S/C28H27N3O3/c1-17(2)18-9-11-19(12-10-18)27-26-22(21-7-3-4-8-23(21)29-26)14-24-28(33)30(16-25(32)31(24)27)15-20-6-5-13-34-20/h3-13,17,24,27,29H,14-16H2,1-2H3/t24-,27+/m0/s1. The molecule has 4 heterocycles. The van der Waals surface area contributed by atoms with Gasteiger partial charge in [0.1, 0.15) is 18.3 Å². The number of piperazine rings is 1. The molecule has 172 valence electrons. The predicted octanol–water partition coefficient (Wildman–Crippen LogP) is 4.77. The van der Waals surface area contributed by atoms with Crippen molar-refractivity contribution in [1.29, 1.82) is 0 Å². The van der Waals surface area contributed by atoms with Crippen LogP contribution in [0.4, 0.5) is 0 Å². The van der Waals surface area contributed by atoms with E-state index in [1.54, 1.807) is 17.2 Å². The van der Waals surface area contributed by atoms with E-state index in [0.717, 1.165) is 27.7 Å². The molecule has 0 bridgehead atoms. The lowest BCUT2D eigenvalue weighted by atomic mass is 9.85. The van der Waals surface area contributed by atoms with Crippen LogP contribution >= 0.6 is 0 Å². The molecule has 0 unspecified atom stereocenters. The smallest absolute Gasteiger partial charge is 0.246 e. The van der Waals surface area contributed by atoms with Crippen LogP contribution in [0.1, 0.15) is 54.0 Å². The third-order valence-corrected chi connectivity index (χ3v) is 7.19. The Balaban J connectivity index is 1.46. The minimum Gasteiger partial charge on any atom is -0.467 e. The number of nitrogens with zero attached hydrogens (tertiary/aromatic N) is 2. The number of carbonyl (C=O) groups is 2. The van der Waals surface area contributed by atoms with Gasteiger partial charge in [-0.3, -0.25) is 9.59 Å². The van der Waals surface area contributed by atoms with Crippen LogP contribution in [0.15, 0.2) is 71.3 Å². The Kier molecular flexibility index (Phi) is 4.83. The average Bonchev–Trinajstić information content (AvgIpc) is 3.49. The quantitative estimate of drug-likeness (QED) is 0.484. The second-order valence-corrected chi connectivity index (χ2v) is 9.58. The summed E-state index contributed by atoms with van der Waals surface area (Å²) in [6.07, 6.45) is 2.09. The molecule has 1 saturated heterocycles.